The number of amides is 1. The van der Waals surface area contributed by atoms with Gasteiger partial charge < -0.3 is 5.32 Å². The molecule has 0 atom stereocenters. The molecule has 2 heterocycles. The lowest BCUT2D eigenvalue weighted by Crippen LogP contribution is -2.17. The molecule has 1 amide bonds. The molecule has 25 heavy (non-hydrogen) atoms. The van der Waals surface area contributed by atoms with Crippen LogP contribution in [-0.2, 0) is 0 Å². The highest BCUT2D eigenvalue weighted by Crippen LogP contribution is 2.22. The molecule has 2 aromatic heterocycles. The fourth-order valence-corrected chi connectivity index (χ4v) is 2.35. The molecule has 3 aromatic rings. The van der Waals surface area contributed by atoms with E-state index in [1.165, 1.54) is 12.4 Å². The van der Waals surface area contributed by atoms with Crippen molar-refractivity contribution in [3.8, 4) is 11.3 Å². The van der Waals surface area contributed by atoms with Gasteiger partial charge in [-0.05, 0) is 25.5 Å². The van der Waals surface area contributed by atoms with Crippen LogP contribution in [0.2, 0.25) is 0 Å². The van der Waals surface area contributed by atoms with E-state index in [4.69, 9.17) is 0 Å². The molecule has 0 saturated heterocycles. The molecule has 0 fully saturated rings. The van der Waals surface area contributed by atoms with Crippen LogP contribution in [0.3, 0.4) is 0 Å². The predicted molar refractivity (Wildman–Crippen MR) is 89.0 cm³/mol. The van der Waals surface area contributed by atoms with E-state index in [2.05, 4.69) is 20.3 Å². The molecular weight excluding hydrogens is 326 g/mol. The molecule has 0 bridgehead atoms. The number of anilines is 1. The molecule has 126 valence electrons. The number of carbonyl (C=O) groups is 1. The number of aryl methyl sites for hydroxylation is 2. The first-order valence-corrected chi connectivity index (χ1v) is 7.45. The van der Waals surface area contributed by atoms with Gasteiger partial charge in [0.05, 0.1) is 30.5 Å². The van der Waals surface area contributed by atoms with Crippen LogP contribution in [0.1, 0.15) is 21.5 Å². The molecule has 1 aromatic carbocycles. The fraction of sp³-hybridized carbons (Fsp3) is 0.111. The quantitative estimate of drug-likeness (QED) is 0.790. The minimum Gasteiger partial charge on any atom is -0.305 e. The first-order valence-electron chi connectivity index (χ1n) is 7.45. The van der Waals surface area contributed by atoms with Crippen molar-refractivity contribution in [3.63, 3.8) is 0 Å². The number of hydrogen-bond acceptors (Lipinski definition) is 4. The lowest BCUT2D eigenvalue weighted by Gasteiger charge is -2.08. The predicted octanol–water partition coefficient (Wildman–Crippen LogP) is 3.69. The second kappa shape index (κ2) is 6.72. The number of halogens is 2. The van der Waals surface area contributed by atoms with Gasteiger partial charge in [-0.2, -0.15) is 0 Å². The summed E-state index contributed by atoms with van der Waals surface area (Å²) in [4.78, 5) is 23.7. The van der Waals surface area contributed by atoms with E-state index in [0.29, 0.717) is 5.69 Å². The van der Waals surface area contributed by atoms with E-state index in [-0.39, 0.29) is 5.82 Å². The summed E-state index contributed by atoms with van der Waals surface area (Å²) in [7, 11) is 0. The molecule has 0 aliphatic heterocycles. The Morgan fingerprint density at radius 1 is 1.00 bits per heavy atom. The van der Waals surface area contributed by atoms with Crippen molar-refractivity contribution in [1.29, 1.82) is 0 Å². The lowest BCUT2D eigenvalue weighted by molar-refractivity contribution is 0.101. The highest BCUT2D eigenvalue weighted by molar-refractivity contribution is 6.04. The van der Waals surface area contributed by atoms with Crippen molar-refractivity contribution in [1.82, 2.24) is 15.0 Å². The Hall–Kier alpha value is -3.22. The first-order chi connectivity index (χ1) is 12.0. The standard InChI is InChI=1S/C18H14F2N4O/c1-10-3-4-11(2)12(5-10)15-8-23-16(9-22-15)24-18(25)17-13(19)6-21-7-14(17)20/h3-9H,1-2H3,(H,23,24,25). The summed E-state index contributed by atoms with van der Waals surface area (Å²) in [5, 5.41) is 2.32. The zero-order chi connectivity index (χ0) is 18.0. The zero-order valence-corrected chi connectivity index (χ0v) is 13.5. The third kappa shape index (κ3) is 3.50. The number of aromatic nitrogens is 3. The molecular formula is C18H14F2N4O. The van der Waals surface area contributed by atoms with Gasteiger partial charge in [0.2, 0.25) is 0 Å². The maximum absolute atomic E-state index is 13.6. The molecule has 0 aliphatic carbocycles. The average molecular weight is 340 g/mol. The van der Waals surface area contributed by atoms with Crippen molar-refractivity contribution in [3.05, 3.63) is 71.3 Å². The summed E-state index contributed by atoms with van der Waals surface area (Å²) < 4.78 is 27.1. The normalized spacial score (nSPS) is 10.6. The molecule has 0 aliphatic rings. The smallest absolute Gasteiger partial charge is 0.262 e. The summed E-state index contributed by atoms with van der Waals surface area (Å²) in [6.07, 6.45) is 4.38. The Balaban J connectivity index is 1.84. The number of nitrogens with one attached hydrogen (secondary N) is 1. The summed E-state index contributed by atoms with van der Waals surface area (Å²) in [6.45, 7) is 3.93. The van der Waals surface area contributed by atoms with Gasteiger partial charge in [-0.15, -0.1) is 0 Å². The van der Waals surface area contributed by atoms with E-state index in [9.17, 15) is 13.6 Å². The maximum atomic E-state index is 13.6. The van der Waals surface area contributed by atoms with Crippen molar-refractivity contribution >= 4 is 11.7 Å². The molecule has 0 saturated carbocycles. The lowest BCUT2D eigenvalue weighted by atomic mass is 10.0. The summed E-state index contributed by atoms with van der Waals surface area (Å²) in [5.74, 6) is -2.95. The molecule has 0 spiro atoms. The van der Waals surface area contributed by atoms with Crippen LogP contribution in [0.25, 0.3) is 11.3 Å². The van der Waals surface area contributed by atoms with Crippen LogP contribution in [0.5, 0.6) is 0 Å². The van der Waals surface area contributed by atoms with Gasteiger partial charge in [0, 0.05) is 5.56 Å². The van der Waals surface area contributed by atoms with E-state index in [1.54, 1.807) is 0 Å². The largest absolute Gasteiger partial charge is 0.305 e. The number of pyridine rings is 1. The van der Waals surface area contributed by atoms with Crippen molar-refractivity contribution < 1.29 is 13.6 Å². The zero-order valence-electron chi connectivity index (χ0n) is 13.5. The Morgan fingerprint density at radius 2 is 1.72 bits per heavy atom. The molecule has 5 nitrogen and oxygen atoms in total. The van der Waals surface area contributed by atoms with Crippen LogP contribution >= 0.6 is 0 Å². The SMILES string of the molecule is Cc1ccc(C)c(-c2cnc(NC(=O)c3c(F)cncc3F)cn2)c1. The molecule has 0 radical (unpaired) electrons. The van der Waals surface area contributed by atoms with Crippen molar-refractivity contribution in [2.45, 2.75) is 13.8 Å². The highest BCUT2D eigenvalue weighted by atomic mass is 19.1. The van der Waals surface area contributed by atoms with Gasteiger partial charge in [-0.25, -0.2) is 13.8 Å². The number of hydrogen-bond donors (Lipinski definition) is 1. The first kappa shape index (κ1) is 16.6. The van der Waals surface area contributed by atoms with Crippen LogP contribution < -0.4 is 5.32 Å². The van der Waals surface area contributed by atoms with Gasteiger partial charge in [0.25, 0.3) is 5.91 Å². The van der Waals surface area contributed by atoms with Gasteiger partial charge in [-0.1, -0.05) is 17.7 Å². The minimum atomic E-state index is -1.04. The van der Waals surface area contributed by atoms with Crippen LogP contribution in [0, 0.1) is 25.5 Å². The second-order valence-corrected chi connectivity index (χ2v) is 5.54. The monoisotopic (exact) mass is 340 g/mol. The van der Waals surface area contributed by atoms with Gasteiger partial charge in [0.1, 0.15) is 5.56 Å². The molecule has 1 N–H and O–H groups in total. The topological polar surface area (TPSA) is 67.8 Å². The summed E-state index contributed by atoms with van der Waals surface area (Å²) >= 11 is 0. The Labute approximate surface area is 142 Å². The van der Waals surface area contributed by atoms with Gasteiger partial charge >= 0.3 is 0 Å². The van der Waals surface area contributed by atoms with E-state index in [1.807, 2.05) is 32.0 Å². The van der Waals surface area contributed by atoms with E-state index < -0.39 is 23.1 Å². The molecule has 0 unspecified atom stereocenters. The summed E-state index contributed by atoms with van der Waals surface area (Å²) in [6, 6.07) is 5.97. The van der Waals surface area contributed by atoms with Crippen molar-refractivity contribution in [2.75, 3.05) is 5.32 Å². The van der Waals surface area contributed by atoms with Crippen LogP contribution in [0.4, 0.5) is 14.6 Å². The van der Waals surface area contributed by atoms with Crippen molar-refractivity contribution in [2.24, 2.45) is 0 Å². The Bertz CT molecular complexity index is 922. The number of rotatable bonds is 3. The maximum Gasteiger partial charge on any atom is 0.262 e. The number of nitrogens with zero attached hydrogens (tertiary/aromatic N) is 3. The van der Waals surface area contributed by atoms with Crippen LogP contribution in [0.15, 0.2) is 43.0 Å². The second-order valence-electron chi connectivity index (χ2n) is 5.54. The highest BCUT2D eigenvalue weighted by Gasteiger charge is 2.18. The third-order valence-corrected chi connectivity index (χ3v) is 3.64. The third-order valence-electron chi connectivity index (χ3n) is 3.64. The Morgan fingerprint density at radius 3 is 2.36 bits per heavy atom. The van der Waals surface area contributed by atoms with E-state index >= 15 is 0 Å². The summed E-state index contributed by atoms with van der Waals surface area (Å²) in [5.41, 5.74) is 2.98. The molecule has 7 heteroatoms. The number of benzene rings is 1. The minimum absolute atomic E-state index is 0.0923. The average Bonchev–Trinajstić information content (AvgIpc) is 2.58. The van der Waals surface area contributed by atoms with Crippen LogP contribution in [-0.4, -0.2) is 20.9 Å². The fourth-order valence-electron chi connectivity index (χ4n) is 2.35. The Kier molecular flexibility index (Phi) is 4.47. The van der Waals surface area contributed by atoms with Gasteiger partial charge in [0.15, 0.2) is 17.5 Å². The van der Waals surface area contributed by atoms with E-state index in [0.717, 1.165) is 29.1 Å². The molecule has 3 rings (SSSR count). The number of carbonyl (C=O) groups excluding carboxylic acids is 1. The van der Waals surface area contributed by atoms with Gasteiger partial charge in [-0.3, -0.25) is 14.8 Å².